The lowest BCUT2D eigenvalue weighted by Gasteiger charge is -2.04. The normalized spacial score (nSPS) is 10.2. The number of rotatable bonds is 6. The van der Waals surface area contributed by atoms with Crippen molar-refractivity contribution in [3.05, 3.63) is 70.2 Å². The van der Waals surface area contributed by atoms with Crippen molar-refractivity contribution in [2.24, 2.45) is 0 Å². The maximum Gasteiger partial charge on any atom is 0.267 e. The molecule has 0 atom stereocenters. The van der Waals surface area contributed by atoms with Gasteiger partial charge in [-0.25, -0.2) is 4.98 Å². The molecule has 130 valence electrons. The van der Waals surface area contributed by atoms with Crippen molar-refractivity contribution in [1.82, 2.24) is 4.98 Å². The molecule has 1 N–H and O–H groups in total. The van der Waals surface area contributed by atoms with E-state index in [9.17, 15) is 4.79 Å². The minimum absolute atomic E-state index is 0.202. The summed E-state index contributed by atoms with van der Waals surface area (Å²) in [6.07, 6.45) is 0. The van der Waals surface area contributed by atoms with Crippen LogP contribution in [0.5, 0.6) is 5.75 Å². The number of hydrogen-bond acceptors (Lipinski definition) is 6. The Morgan fingerprint density at radius 3 is 2.65 bits per heavy atom. The van der Waals surface area contributed by atoms with Crippen LogP contribution in [0.4, 0.5) is 5.69 Å². The highest BCUT2D eigenvalue weighted by molar-refractivity contribution is 8.03. The van der Waals surface area contributed by atoms with Gasteiger partial charge < -0.3 is 10.1 Å². The van der Waals surface area contributed by atoms with E-state index in [-0.39, 0.29) is 5.91 Å². The summed E-state index contributed by atoms with van der Waals surface area (Å²) in [6.45, 7) is 2.13. The number of thioether (sulfide) groups is 1. The fraction of sp³-hybridized carbons (Fsp3) is 0.105. The van der Waals surface area contributed by atoms with Crippen molar-refractivity contribution in [2.75, 3.05) is 5.32 Å². The number of carbonyl (C=O) groups excluding carboxylic acids is 1. The Bertz CT molecular complexity index is 932. The van der Waals surface area contributed by atoms with Gasteiger partial charge in [0.25, 0.3) is 5.91 Å². The van der Waals surface area contributed by atoms with Gasteiger partial charge in [0.15, 0.2) is 0 Å². The number of hydrogen-bond donors (Lipinski definition) is 1. The van der Waals surface area contributed by atoms with E-state index in [1.165, 1.54) is 11.3 Å². The SMILES string of the molecule is Cc1nc(COc2ccccc2)sc1C(=O)Nc1ccc(SC#N)cc1. The summed E-state index contributed by atoms with van der Waals surface area (Å²) in [7, 11) is 0. The predicted molar refractivity (Wildman–Crippen MR) is 103 cm³/mol. The van der Waals surface area contributed by atoms with Gasteiger partial charge in [0.2, 0.25) is 0 Å². The molecule has 0 bridgehead atoms. The highest BCUT2D eigenvalue weighted by Gasteiger charge is 2.16. The lowest BCUT2D eigenvalue weighted by Crippen LogP contribution is -2.11. The maximum absolute atomic E-state index is 12.5. The molecule has 7 heteroatoms. The Balaban J connectivity index is 1.64. The molecule has 0 aliphatic carbocycles. The van der Waals surface area contributed by atoms with Gasteiger partial charge >= 0.3 is 0 Å². The van der Waals surface area contributed by atoms with E-state index in [4.69, 9.17) is 10.00 Å². The molecule has 1 heterocycles. The van der Waals surface area contributed by atoms with Crippen LogP contribution in [-0.4, -0.2) is 10.9 Å². The number of para-hydroxylation sites is 1. The molecule has 1 amide bonds. The van der Waals surface area contributed by atoms with Crippen LogP contribution in [0.25, 0.3) is 0 Å². The van der Waals surface area contributed by atoms with E-state index in [1.807, 2.05) is 42.7 Å². The molecule has 0 saturated heterocycles. The van der Waals surface area contributed by atoms with Gasteiger partial charge in [-0.2, -0.15) is 5.26 Å². The molecule has 26 heavy (non-hydrogen) atoms. The van der Waals surface area contributed by atoms with Crippen LogP contribution < -0.4 is 10.1 Å². The van der Waals surface area contributed by atoms with Crippen molar-refractivity contribution in [2.45, 2.75) is 18.4 Å². The van der Waals surface area contributed by atoms with Gasteiger partial charge in [0.1, 0.15) is 27.6 Å². The third-order valence-electron chi connectivity index (χ3n) is 3.43. The Hall–Kier alpha value is -2.82. The van der Waals surface area contributed by atoms with E-state index in [0.29, 0.717) is 22.9 Å². The van der Waals surface area contributed by atoms with Crippen LogP contribution in [0.15, 0.2) is 59.5 Å². The molecule has 0 fully saturated rings. The molecule has 0 radical (unpaired) electrons. The lowest BCUT2D eigenvalue weighted by atomic mass is 10.3. The first-order valence-electron chi connectivity index (χ1n) is 7.77. The van der Waals surface area contributed by atoms with E-state index in [2.05, 4.69) is 10.3 Å². The van der Waals surface area contributed by atoms with Crippen molar-refractivity contribution in [3.63, 3.8) is 0 Å². The van der Waals surface area contributed by atoms with Gasteiger partial charge in [-0.15, -0.1) is 11.3 Å². The average molecular weight is 381 g/mol. The molecular formula is C19H15N3O2S2. The molecule has 0 unspecified atom stereocenters. The Morgan fingerprint density at radius 2 is 1.96 bits per heavy atom. The third kappa shape index (κ3) is 4.63. The molecule has 1 aromatic heterocycles. The van der Waals surface area contributed by atoms with Crippen molar-refractivity contribution >= 4 is 34.7 Å². The first-order valence-corrected chi connectivity index (χ1v) is 9.40. The standard InChI is InChI=1S/C19H15N3O2S2/c1-13-18(19(23)22-14-7-9-16(10-8-14)25-12-20)26-17(21-13)11-24-15-5-3-2-4-6-15/h2-10H,11H2,1H3,(H,22,23). The molecule has 5 nitrogen and oxygen atoms in total. The Labute approximate surface area is 159 Å². The van der Waals surface area contributed by atoms with Crippen LogP contribution in [-0.2, 0) is 6.61 Å². The number of nitrogens with one attached hydrogen (secondary N) is 1. The zero-order valence-corrected chi connectivity index (χ0v) is 15.6. The summed E-state index contributed by atoms with van der Waals surface area (Å²) >= 11 is 2.40. The highest BCUT2D eigenvalue weighted by atomic mass is 32.2. The van der Waals surface area contributed by atoms with E-state index < -0.39 is 0 Å². The van der Waals surface area contributed by atoms with Crippen molar-refractivity contribution in [1.29, 1.82) is 5.26 Å². The van der Waals surface area contributed by atoms with Gasteiger partial charge in [-0.3, -0.25) is 4.79 Å². The average Bonchev–Trinajstić information content (AvgIpc) is 3.03. The number of nitrogens with zero attached hydrogens (tertiary/aromatic N) is 2. The minimum atomic E-state index is -0.202. The third-order valence-corrected chi connectivity index (χ3v) is 5.16. The number of anilines is 1. The largest absolute Gasteiger partial charge is 0.486 e. The fourth-order valence-electron chi connectivity index (χ4n) is 2.23. The number of ether oxygens (including phenoxy) is 1. The maximum atomic E-state index is 12.5. The molecule has 0 aliphatic rings. The topological polar surface area (TPSA) is 75.0 Å². The summed E-state index contributed by atoms with van der Waals surface area (Å²) in [5.74, 6) is 0.563. The number of aryl methyl sites for hydroxylation is 1. The second-order valence-electron chi connectivity index (χ2n) is 5.30. The van der Waals surface area contributed by atoms with Crippen LogP contribution >= 0.6 is 23.1 Å². The Kier molecular flexibility index (Phi) is 5.89. The molecule has 0 saturated carbocycles. The van der Waals surface area contributed by atoms with Gasteiger partial charge in [0.05, 0.1) is 5.69 Å². The van der Waals surface area contributed by atoms with Gasteiger partial charge in [-0.05, 0) is 55.1 Å². The first kappa shape index (κ1) is 18.0. The van der Waals surface area contributed by atoms with E-state index in [0.717, 1.165) is 27.4 Å². The molecule has 0 spiro atoms. The minimum Gasteiger partial charge on any atom is -0.486 e. The number of carbonyl (C=O) groups is 1. The highest BCUT2D eigenvalue weighted by Crippen LogP contribution is 2.23. The second kappa shape index (κ2) is 8.52. The number of aromatic nitrogens is 1. The molecular weight excluding hydrogens is 366 g/mol. The van der Waals surface area contributed by atoms with Crippen LogP contribution in [0.2, 0.25) is 0 Å². The molecule has 2 aromatic carbocycles. The predicted octanol–water partition coefficient (Wildman–Crippen LogP) is 4.86. The molecule has 3 aromatic rings. The number of amides is 1. The monoisotopic (exact) mass is 381 g/mol. The van der Waals surface area contributed by atoms with Crippen LogP contribution in [0, 0.1) is 17.6 Å². The summed E-state index contributed by atoms with van der Waals surface area (Å²) in [6, 6.07) is 16.6. The number of benzene rings is 2. The molecule has 3 rings (SSSR count). The summed E-state index contributed by atoms with van der Waals surface area (Å²) in [5, 5.41) is 14.3. The quantitative estimate of drug-likeness (QED) is 0.488. The zero-order chi connectivity index (χ0) is 18.4. The first-order chi connectivity index (χ1) is 12.7. The smallest absolute Gasteiger partial charge is 0.267 e. The Morgan fingerprint density at radius 1 is 1.23 bits per heavy atom. The van der Waals surface area contributed by atoms with Crippen LogP contribution in [0.3, 0.4) is 0 Å². The summed E-state index contributed by atoms with van der Waals surface area (Å²) < 4.78 is 5.68. The van der Waals surface area contributed by atoms with E-state index >= 15 is 0 Å². The van der Waals surface area contributed by atoms with Gasteiger partial charge in [0, 0.05) is 10.6 Å². The zero-order valence-electron chi connectivity index (χ0n) is 13.9. The molecule has 0 aliphatic heterocycles. The second-order valence-corrected chi connectivity index (χ2v) is 7.24. The lowest BCUT2D eigenvalue weighted by molar-refractivity contribution is 0.103. The summed E-state index contributed by atoms with van der Waals surface area (Å²) in [5.41, 5.74) is 1.35. The van der Waals surface area contributed by atoms with E-state index in [1.54, 1.807) is 24.3 Å². The number of nitriles is 1. The van der Waals surface area contributed by atoms with Gasteiger partial charge in [-0.1, -0.05) is 18.2 Å². The van der Waals surface area contributed by atoms with Crippen LogP contribution in [0.1, 0.15) is 20.4 Å². The summed E-state index contributed by atoms with van der Waals surface area (Å²) in [4.78, 5) is 18.3. The fourth-order valence-corrected chi connectivity index (χ4v) is 3.48. The number of thiazole rings is 1. The van der Waals surface area contributed by atoms with Crippen molar-refractivity contribution in [3.8, 4) is 11.2 Å². The number of thiocyanates is 1. The van der Waals surface area contributed by atoms with Crippen molar-refractivity contribution < 1.29 is 9.53 Å².